The molecule has 3 heterocycles. The average Bonchev–Trinajstić information content (AvgIpc) is 3.26. The van der Waals surface area contributed by atoms with Crippen molar-refractivity contribution in [3.05, 3.63) is 35.6 Å². The minimum Gasteiger partial charge on any atom is -0.475 e. The Morgan fingerprint density at radius 3 is 2.13 bits per heavy atom. The summed E-state index contributed by atoms with van der Waals surface area (Å²) in [5, 5.41) is 7.12. The van der Waals surface area contributed by atoms with Crippen LogP contribution < -0.4 is 0 Å². The maximum Gasteiger partial charge on any atom is 0.490 e. The number of nitrogens with zero attached hydrogens (tertiary/aromatic N) is 3. The summed E-state index contributed by atoms with van der Waals surface area (Å²) in [5.41, 5.74) is 1.02. The number of urea groups is 1. The Hall–Kier alpha value is -2.40. The minimum atomic E-state index is -5.08. The molecular formula is C20H25F4N3O4. The Labute approximate surface area is 177 Å². The highest BCUT2D eigenvalue weighted by atomic mass is 19.4. The highest BCUT2D eigenvalue weighted by molar-refractivity contribution is 5.75. The predicted octanol–water partition coefficient (Wildman–Crippen LogP) is 2.27. The number of carbonyl (C=O) groups is 2. The summed E-state index contributed by atoms with van der Waals surface area (Å²) >= 11 is 0. The van der Waals surface area contributed by atoms with Gasteiger partial charge in [-0.25, -0.2) is 14.0 Å². The first-order valence-corrected chi connectivity index (χ1v) is 10.0. The summed E-state index contributed by atoms with van der Waals surface area (Å²) < 4.78 is 50.4. The second kappa shape index (κ2) is 9.82. The molecule has 0 bridgehead atoms. The van der Waals surface area contributed by atoms with E-state index >= 15 is 0 Å². The number of fused-ring (bicyclic) bond motifs is 1. The smallest absolute Gasteiger partial charge is 0.475 e. The van der Waals surface area contributed by atoms with Gasteiger partial charge in [-0.15, -0.1) is 0 Å². The molecule has 0 saturated carbocycles. The SMILES string of the molecule is O=C(N1CCOCC1)N1C[C@H]2CN(Cc3cccc(F)c3)C[C@H]2C1.O=C(O)C(F)(F)F. The van der Waals surface area contributed by atoms with Gasteiger partial charge in [0.25, 0.3) is 0 Å². The Morgan fingerprint density at radius 1 is 1.03 bits per heavy atom. The zero-order valence-corrected chi connectivity index (χ0v) is 16.9. The van der Waals surface area contributed by atoms with Gasteiger partial charge in [-0.1, -0.05) is 12.1 Å². The number of amides is 2. The van der Waals surface area contributed by atoms with Gasteiger partial charge in [-0.3, -0.25) is 4.90 Å². The van der Waals surface area contributed by atoms with Crippen molar-refractivity contribution in [3.8, 4) is 0 Å². The van der Waals surface area contributed by atoms with Crippen molar-refractivity contribution in [3.63, 3.8) is 0 Å². The summed E-state index contributed by atoms with van der Waals surface area (Å²) in [4.78, 5) is 27.8. The first-order chi connectivity index (χ1) is 14.6. The third kappa shape index (κ3) is 6.30. The van der Waals surface area contributed by atoms with Crippen LogP contribution in [0.5, 0.6) is 0 Å². The maximum absolute atomic E-state index is 13.3. The molecule has 0 unspecified atom stereocenters. The fraction of sp³-hybridized carbons (Fsp3) is 0.600. The van der Waals surface area contributed by atoms with Gasteiger partial charge >= 0.3 is 18.2 Å². The lowest BCUT2D eigenvalue weighted by Crippen LogP contribution is -2.48. The molecule has 0 radical (unpaired) electrons. The summed E-state index contributed by atoms with van der Waals surface area (Å²) in [6.45, 7) is 7.18. The number of hydrogen-bond donors (Lipinski definition) is 1. The number of likely N-dealkylation sites (tertiary alicyclic amines) is 2. The van der Waals surface area contributed by atoms with Gasteiger partial charge in [0.15, 0.2) is 0 Å². The largest absolute Gasteiger partial charge is 0.490 e. The molecule has 7 nitrogen and oxygen atoms in total. The van der Waals surface area contributed by atoms with Crippen LogP contribution in [0, 0.1) is 17.7 Å². The van der Waals surface area contributed by atoms with E-state index in [-0.39, 0.29) is 11.8 Å². The summed E-state index contributed by atoms with van der Waals surface area (Å²) in [7, 11) is 0. The molecule has 3 fully saturated rings. The predicted molar refractivity (Wildman–Crippen MR) is 102 cm³/mol. The molecule has 2 amide bonds. The zero-order valence-electron chi connectivity index (χ0n) is 16.9. The van der Waals surface area contributed by atoms with E-state index in [0.29, 0.717) is 38.1 Å². The normalized spacial score (nSPS) is 23.9. The van der Waals surface area contributed by atoms with E-state index in [0.717, 1.165) is 38.3 Å². The topological polar surface area (TPSA) is 73.3 Å². The van der Waals surface area contributed by atoms with E-state index in [1.54, 1.807) is 12.1 Å². The van der Waals surface area contributed by atoms with Gasteiger partial charge in [0, 0.05) is 45.8 Å². The lowest BCUT2D eigenvalue weighted by atomic mass is 10.0. The number of ether oxygens (including phenoxy) is 1. The lowest BCUT2D eigenvalue weighted by Gasteiger charge is -2.31. The number of alkyl halides is 3. The molecule has 1 aromatic carbocycles. The fourth-order valence-corrected chi connectivity index (χ4v) is 4.22. The van der Waals surface area contributed by atoms with E-state index in [2.05, 4.69) is 4.90 Å². The average molecular weight is 447 g/mol. The van der Waals surface area contributed by atoms with Gasteiger partial charge in [0.2, 0.25) is 0 Å². The third-order valence-electron chi connectivity index (χ3n) is 5.65. The number of aliphatic carboxylic acids is 1. The van der Waals surface area contributed by atoms with E-state index in [1.165, 1.54) is 6.07 Å². The number of morpholine rings is 1. The molecule has 2 atom stereocenters. The van der Waals surface area contributed by atoms with Gasteiger partial charge in [0.1, 0.15) is 5.82 Å². The van der Waals surface area contributed by atoms with Crippen molar-refractivity contribution in [2.45, 2.75) is 12.7 Å². The number of rotatable bonds is 2. The first kappa shape index (κ1) is 23.3. The molecule has 4 rings (SSSR count). The quantitative estimate of drug-likeness (QED) is 0.705. The molecule has 3 saturated heterocycles. The molecule has 0 spiro atoms. The molecule has 1 aromatic rings. The van der Waals surface area contributed by atoms with Crippen molar-refractivity contribution < 1.29 is 37.0 Å². The van der Waals surface area contributed by atoms with Gasteiger partial charge in [-0.2, -0.15) is 13.2 Å². The van der Waals surface area contributed by atoms with Crippen LogP contribution in [0.4, 0.5) is 22.4 Å². The van der Waals surface area contributed by atoms with E-state index in [4.69, 9.17) is 14.6 Å². The summed E-state index contributed by atoms with van der Waals surface area (Å²) in [6.07, 6.45) is -5.08. The second-order valence-corrected chi connectivity index (χ2v) is 7.93. The Kier molecular flexibility index (Phi) is 7.37. The van der Waals surface area contributed by atoms with Crippen molar-refractivity contribution >= 4 is 12.0 Å². The standard InChI is InChI=1S/C18H24FN3O2.C2HF3O2/c19-17-3-1-2-14(8-17)9-20-10-15-12-22(13-16(15)11-20)18(23)21-4-6-24-7-5-21;3-2(4,5)1(6)7/h1-3,8,15-16H,4-7,9-13H2;(H,6,7)/t15-,16+;. The van der Waals surface area contributed by atoms with Crippen molar-refractivity contribution in [2.75, 3.05) is 52.5 Å². The van der Waals surface area contributed by atoms with E-state index in [1.807, 2.05) is 15.9 Å². The van der Waals surface area contributed by atoms with Gasteiger partial charge in [0.05, 0.1) is 13.2 Å². The molecule has 3 aliphatic rings. The Bertz CT molecular complexity index is 772. The first-order valence-electron chi connectivity index (χ1n) is 10.0. The highest BCUT2D eigenvalue weighted by Crippen LogP contribution is 2.32. The molecular weight excluding hydrogens is 422 g/mol. The van der Waals surface area contributed by atoms with Crippen molar-refractivity contribution in [2.24, 2.45) is 11.8 Å². The highest BCUT2D eigenvalue weighted by Gasteiger charge is 2.42. The van der Waals surface area contributed by atoms with Crippen LogP contribution in [-0.2, 0) is 16.1 Å². The van der Waals surface area contributed by atoms with Crippen LogP contribution in [0.2, 0.25) is 0 Å². The van der Waals surface area contributed by atoms with Gasteiger partial charge < -0.3 is 19.6 Å². The van der Waals surface area contributed by atoms with Crippen molar-refractivity contribution in [1.82, 2.24) is 14.7 Å². The number of halogens is 4. The van der Waals surface area contributed by atoms with Crippen molar-refractivity contribution in [1.29, 1.82) is 0 Å². The molecule has 1 N–H and O–H groups in total. The molecule has 31 heavy (non-hydrogen) atoms. The van der Waals surface area contributed by atoms with E-state index < -0.39 is 12.1 Å². The third-order valence-corrected chi connectivity index (χ3v) is 5.65. The summed E-state index contributed by atoms with van der Waals surface area (Å²) in [6, 6.07) is 7.01. The van der Waals surface area contributed by atoms with E-state index in [9.17, 15) is 22.4 Å². The molecule has 0 aliphatic carbocycles. The van der Waals surface area contributed by atoms with Crippen LogP contribution in [0.1, 0.15) is 5.56 Å². The number of carbonyl (C=O) groups excluding carboxylic acids is 1. The number of hydrogen-bond acceptors (Lipinski definition) is 4. The Morgan fingerprint density at radius 2 is 1.61 bits per heavy atom. The molecule has 11 heteroatoms. The number of benzene rings is 1. The molecule has 0 aromatic heterocycles. The zero-order chi connectivity index (χ0) is 22.6. The molecule has 172 valence electrons. The Balaban J connectivity index is 0.000000339. The monoisotopic (exact) mass is 447 g/mol. The number of carboxylic acid groups (broad SMARTS) is 1. The van der Waals surface area contributed by atoms with Crippen LogP contribution >= 0.6 is 0 Å². The van der Waals surface area contributed by atoms with Gasteiger partial charge in [-0.05, 0) is 29.5 Å². The maximum atomic E-state index is 13.3. The van der Waals surface area contributed by atoms with Crippen LogP contribution in [0.3, 0.4) is 0 Å². The molecule has 3 aliphatic heterocycles. The van der Waals surface area contributed by atoms with Crippen LogP contribution in [0.25, 0.3) is 0 Å². The second-order valence-electron chi connectivity index (χ2n) is 7.93. The lowest BCUT2D eigenvalue weighted by molar-refractivity contribution is -0.192. The minimum absolute atomic E-state index is 0.171. The fourth-order valence-electron chi connectivity index (χ4n) is 4.22. The van der Waals surface area contributed by atoms with Crippen LogP contribution in [-0.4, -0.2) is 90.5 Å². The summed E-state index contributed by atoms with van der Waals surface area (Å²) in [5.74, 6) is -1.84. The number of carboxylic acids is 1. The van der Waals surface area contributed by atoms with Crippen LogP contribution in [0.15, 0.2) is 24.3 Å².